The Morgan fingerprint density at radius 2 is 2.13 bits per heavy atom. The molecule has 1 aliphatic rings. The monoisotopic (exact) mass is 244 g/mol. The van der Waals surface area contributed by atoms with Crippen LogP contribution in [0.3, 0.4) is 0 Å². The van der Waals surface area contributed by atoms with E-state index in [4.69, 9.17) is 23.2 Å². The van der Waals surface area contributed by atoms with E-state index in [0.29, 0.717) is 13.0 Å². The Kier molecular flexibility index (Phi) is 2.85. The van der Waals surface area contributed by atoms with Gasteiger partial charge in [0, 0.05) is 18.9 Å². The third-order valence-corrected chi connectivity index (χ3v) is 3.19. The maximum atomic E-state index is 11.5. The minimum absolute atomic E-state index is 0.0863. The quantitative estimate of drug-likeness (QED) is 0.826. The fraction of sp³-hybridized carbons (Fsp3) is 0.400. The molecule has 0 spiro atoms. The van der Waals surface area contributed by atoms with Crippen LogP contribution >= 0.6 is 23.2 Å². The summed E-state index contributed by atoms with van der Waals surface area (Å²) in [5.74, 6) is -0.348. The summed E-state index contributed by atoms with van der Waals surface area (Å²) in [7, 11) is 0. The van der Waals surface area contributed by atoms with Crippen LogP contribution in [0.4, 0.5) is 0 Å². The summed E-state index contributed by atoms with van der Waals surface area (Å²) < 4.78 is -0.845. The lowest BCUT2D eigenvalue weighted by atomic mass is 10.2. The molecule has 0 saturated heterocycles. The molecule has 0 radical (unpaired) electrons. The second-order valence-corrected chi connectivity index (χ2v) is 5.13. The maximum absolute atomic E-state index is 11.5. The number of hydrogen-bond donors (Lipinski definition) is 1. The van der Waals surface area contributed by atoms with Crippen molar-refractivity contribution in [1.82, 2.24) is 10.3 Å². The lowest BCUT2D eigenvalue weighted by molar-refractivity contribution is -0.122. The second kappa shape index (κ2) is 3.99. The van der Waals surface area contributed by atoms with Gasteiger partial charge in [0.25, 0.3) is 0 Å². The minimum atomic E-state index is -0.845. The molecule has 2 rings (SSSR count). The van der Waals surface area contributed by atoms with E-state index in [1.165, 1.54) is 0 Å². The molecule has 1 unspecified atom stereocenters. The van der Waals surface area contributed by atoms with Crippen LogP contribution in [-0.4, -0.2) is 15.2 Å². The molecule has 15 heavy (non-hydrogen) atoms. The predicted molar refractivity (Wildman–Crippen MR) is 58.6 cm³/mol. The van der Waals surface area contributed by atoms with Crippen LogP contribution in [0.15, 0.2) is 24.5 Å². The van der Waals surface area contributed by atoms with Crippen LogP contribution in [0.1, 0.15) is 12.0 Å². The van der Waals surface area contributed by atoms with Gasteiger partial charge < -0.3 is 5.32 Å². The summed E-state index contributed by atoms with van der Waals surface area (Å²) in [6.07, 6.45) is 3.91. The number of aromatic nitrogens is 1. The molecule has 1 aromatic heterocycles. The van der Waals surface area contributed by atoms with Gasteiger partial charge in [-0.05, 0) is 24.1 Å². The molecule has 80 valence electrons. The van der Waals surface area contributed by atoms with E-state index >= 15 is 0 Å². The van der Waals surface area contributed by atoms with Gasteiger partial charge >= 0.3 is 0 Å². The van der Waals surface area contributed by atoms with E-state index in [1.807, 2.05) is 12.1 Å². The zero-order valence-corrected chi connectivity index (χ0v) is 9.42. The molecular formula is C10H10Cl2N2O. The number of carbonyl (C=O) groups is 1. The lowest BCUT2D eigenvalue weighted by Gasteiger charge is -2.04. The number of amides is 1. The van der Waals surface area contributed by atoms with Gasteiger partial charge in [0.15, 0.2) is 0 Å². The molecule has 1 amide bonds. The number of nitrogens with one attached hydrogen (secondary N) is 1. The summed E-state index contributed by atoms with van der Waals surface area (Å²) in [6.45, 7) is 0.488. The van der Waals surface area contributed by atoms with Gasteiger partial charge in [0.2, 0.25) is 5.91 Å². The summed E-state index contributed by atoms with van der Waals surface area (Å²) in [5.41, 5.74) is 1.01. The molecule has 1 aliphatic carbocycles. The maximum Gasteiger partial charge on any atom is 0.226 e. The van der Waals surface area contributed by atoms with Crippen LogP contribution in [0.5, 0.6) is 0 Å². The van der Waals surface area contributed by atoms with E-state index in [1.54, 1.807) is 12.4 Å². The van der Waals surface area contributed by atoms with Crippen LogP contribution in [0.2, 0.25) is 0 Å². The Bertz CT molecular complexity index is 367. The van der Waals surface area contributed by atoms with Crippen LogP contribution in [0, 0.1) is 5.92 Å². The van der Waals surface area contributed by atoms with Gasteiger partial charge in [-0.15, -0.1) is 23.2 Å². The number of alkyl halides is 2. The first kappa shape index (κ1) is 10.7. The number of rotatable bonds is 3. The van der Waals surface area contributed by atoms with Crippen molar-refractivity contribution in [3.05, 3.63) is 30.1 Å². The highest BCUT2D eigenvalue weighted by molar-refractivity contribution is 6.52. The van der Waals surface area contributed by atoms with Crippen molar-refractivity contribution >= 4 is 29.1 Å². The first-order chi connectivity index (χ1) is 7.09. The smallest absolute Gasteiger partial charge is 0.226 e. The van der Waals surface area contributed by atoms with Crippen molar-refractivity contribution in [3.8, 4) is 0 Å². The Morgan fingerprint density at radius 3 is 2.67 bits per heavy atom. The summed E-state index contributed by atoms with van der Waals surface area (Å²) in [5, 5.41) is 2.78. The molecule has 1 atom stereocenters. The van der Waals surface area contributed by atoms with Crippen molar-refractivity contribution in [2.45, 2.75) is 17.3 Å². The second-order valence-electron chi connectivity index (χ2n) is 3.59. The van der Waals surface area contributed by atoms with Crippen molar-refractivity contribution in [3.63, 3.8) is 0 Å². The van der Waals surface area contributed by atoms with Crippen molar-refractivity contribution in [1.29, 1.82) is 0 Å². The molecule has 1 saturated carbocycles. The topological polar surface area (TPSA) is 42.0 Å². The third kappa shape index (κ3) is 2.61. The Labute approximate surface area is 97.8 Å². The fourth-order valence-electron chi connectivity index (χ4n) is 1.31. The van der Waals surface area contributed by atoms with Gasteiger partial charge in [-0.2, -0.15) is 0 Å². The molecule has 5 heteroatoms. The average Bonchev–Trinajstić information content (AvgIpc) is 2.86. The highest BCUT2D eigenvalue weighted by Crippen LogP contribution is 2.53. The summed E-state index contributed by atoms with van der Waals surface area (Å²) in [6, 6.07) is 3.70. The highest BCUT2D eigenvalue weighted by Gasteiger charge is 2.56. The number of pyridine rings is 1. The van der Waals surface area contributed by atoms with Crippen molar-refractivity contribution in [2.24, 2.45) is 5.92 Å². The minimum Gasteiger partial charge on any atom is -0.352 e. The number of hydrogen-bond acceptors (Lipinski definition) is 2. The molecular weight excluding hydrogens is 235 g/mol. The predicted octanol–water partition coefficient (Wildman–Crippen LogP) is 1.89. The van der Waals surface area contributed by atoms with Gasteiger partial charge in [-0.3, -0.25) is 9.78 Å². The number of carbonyl (C=O) groups excluding carboxylic acids is 1. The fourth-order valence-corrected chi connectivity index (χ4v) is 1.82. The largest absolute Gasteiger partial charge is 0.352 e. The van der Waals surface area contributed by atoms with E-state index in [9.17, 15) is 4.79 Å². The Morgan fingerprint density at radius 1 is 1.53 bits per heavy atom. The molecule has 1 heterocycles. The molecule has 1 aromatic rings. The van der Waals surface area contributed by atoms with Gasteiger partial charge in [-0.1, -0.05) is 0 Å². The molecule has 3 nitrogen and oxygen atoms in total. The summed E-state index contributed by atoms with van der Waals surface area (Å²) >= 11 is 11.6. The SMILES string of the molecule is O=C(NCc1ccncc1)C1CC1(Cl)Cl. The van der Waals surface area contributed by atoms with Crippen LogP contribution < -0.4 is 5.32 Å². The molecule has 0 aromatic carbocycles. The number of halogens is 2. The van der Waals surface area contributed by atoms with E-state index < -0.39 is 4.33 Å². The van der Waals surface area contributed by atoms with Crippen LogP contribution in [-0.2, 0) is 11.3 Å². The molecule has 1 fully saturated rings. The first-order valence-corrected chi connectivity index (χ1v) is 5.39. The molecule has 1 N–H and O–H groups in total. The van der Waals surface area contributed by atoms with Gasteiger partial charge in [0.1, 0.15) is 4.33 Å². The zero-order valence-electron chi connectivity index (χ0n) is 7.91. The van der Waals surface area contributed by atoms with Crippen molar-refractivity contribution < 1.29 is 4.79 Å². The summed E-state index contributed by atoms with van der Waals surface area (Å²) in [4.78, 5) is 15.4. The van der Waals surface area contributed by atoms with Gasteiger partial charge in [-0.25, -0.2) is 0 Å². The third-order valence-electron chi connectivity index (χ3n) is 2.36. The lowest BCUT2D eigenvalue weighted by Crippen LogP contribution is -2.26. The number of nitrogens with zero attached hydrogens (tertiary/aromatic N) is 1. The highest BCUT2D eigenvalue weighted by atomic mass is 35.5. The first-order valence-electron chi connectivity index (χ1n) is 4.64. The standard InChI is InChI=1S/C10H10Cl2N2O/c11-10(12)5-8(10)9(15)14-6-7-1-3-13-4-2-7/h1-4,8H,5-6H2,(H,14,15). The Hall–Kier alpha value is -0.800. The molecule has 0 aliphatic heterocycles. The normalized spacial score (nSPS) is 22.1. The van der Waals surface area contributed by atoms with E-state index in [2.05, 4.69) is 10.3 Å². The van der Waals surface area contributed by atoms with E-state index in [-0.39, 0.29) is 11.8 Å². The van der Waals surface area contributed by atoms with E-state index in [0.717, 1.165) is 5.56 Å². The van der Waals surface area contributed by atoms with Gasteiger partial charge in [0.05, 0.1) is 5.92 Å². The average molecular weight is 245 g/mol. The zero-order chi connectivity index (χ0) is 10.9. The molecule has 0 bridgehead atoms. The van der Waals surface area contributed by atoms with Crippen molar-refractivity contribution in [2.75, 3.05) is 0 Å². The Balaban J connectivity index is 1.82. The van der Waals surface area contributed by atoms with Crippen LogP contribution in [0.25, 0.3) is 0 Å².